The molecule has 2 aromatic rings. The first-order valence-corrected chi connectivity index (χ1v) is 10.0. The molecular formula is C22H26N2O3S. The van der Waals surface area contributed by atoms with Gasteiger partial charge in [0, 0.05) is 22.0 Å². The molecule has 0 radical (unpaired) electrons. The topological polar surface area (TPSA) is 67.4 Å². The molecule has 148 valence electrons. The molecule has 28 heavy (non-hydrogen) atoms. The summed E-state index contributed by atoms with van der Waals surface area (Å²) < 4.78 is 5.03. The lowest BCUT2D eigenvalue weighted by molar-refractivity contribution is -0.111. The Kier molecular flexibility index (Phi) is 5.46. The third kappa shape index (κ3) is 4.18. The molecule has 1 aliphatic heterocycles. The molecule has 0 saturated heterocycles. The summed E-state index contributed by atoms with van der Waals surface area (Å²) in [4.78, 5) is 26.1. The van der Waals surface area contributed by atoms with Crippen LogP contribution in [0.15, 0.2) is 36.4 Å². The van der Waals surface area contributed by atoms with Gasteiger partial charge in [-0.05, 0) is 51.3 Å². The van der Waals surface area contributed by atoms with E-state index in [1.54, 1.807) is 6.08 Å². The molecule has 1 aromatic carbocycles. The van der Waals surface area contributed by atoms with Crippen LogP contribution in [0.4, 0.5) is 5.00 Å². The van der Waals surface area contributed by atoms with Gasteiger partial charge in [0.15, 0.2) is 0 Å². The Morgan fingerprint density at radius 1 is 1.18 bits per heavy atom. The molecule has 0 bridgehead atoms. The highest BCUT2D eigenvalue weighted by molar-refractivity contribution is 7.17. The van der Waals surface area contributed by atoms with Crippen LogP contribution in [0.2, 0.25) is 0 Å². The van der Waals surface area contributed by atoms with Crippen molar-refractivity contribution in [3.63, 3.8) is 0 Å². The van der Waals surface area contributed by atoms with E-state index in [2.05, 4.69) is 38.3 Å². The van der Waals surface area contributed by atoms with E-state index in [-0.39, 0.29) is 17.0 Å². The summed E-state index contributed by atoms with van der Waals surface area (Å²) in [6.07, 6.45) is 3.90. The van der Waals surface area contributed by atoms with Gasteiger partial charge >= 0.3 is 5.97 Å². The number of methoxy groups -OCH3 is 1. The van der Waals surface area contributed by atoms with Crippen molar-refractivity contribution in [3.8, 4) is 0 Å². The molecule has 1 amide bonds. The smallest absolute Gasteiger partial charge is 0.341 e. The maximum absolute atomic E-state index is 12.5. The van der Waals surface area contributed by atoms with Crippen molar-refractivity contribution < 1.29 is 14.3 Å². The first-order chi connectivity index (χ1) is 13.1. The Hall–Kier alpha value is -2.44. The van der Waals surface area contributed by atoms with Crippen LogP contribution < -0.4 is 10.6 Å². The highest BCUT2D eigenvalue weighted by atomic mass is 32.1. The van der Waals surface area contributed by atoms with Crippen molar-refractivity contribution in [1.29, 1.82) is 0 Å². The predicted octanol–water partition coefficient (Wildman–Crippen LogP) is 4.35. The maximum Gasteiger partial charge on any atom is 0.341 e. The van der Waals surface area contributed by atoms with E-state index in [0.717, 1.165) is 16.0 Å². The number of ether oxygens (including phenoxy) is 1. The van der Waals surface area contributed by atoms with Crippen molar-refractivity contribution in [2.75, 3.05) is 12.4 Å². The normalized spacial score (nSPS) is 17.2. The maximum atomic E-state index is 12.5. The standard InChI is InChI=1S/C22H26N2O3S/c1-21(2)13-15-17(20(26)27-5)19(28-18(15)22(3,4)24-21)23-16(25)12-11-14-9-7-6-8-10-14/h6-12,24H,13H2,1-5H3,(H,23,25)/b12-11+. The second-order valence-electron chi connectivity index (χ2n) is 8.15. The average molecular weight is 399 g/mol. The zero-order valence-electron chi connectivity index (χ0n) is 16.9. The number of anilines is 1. The summed E-state index contributed by atoms with van der Waals surface area (Å²) >= 11 is 1.43. The number of fused-ring (bicyclic) bond motifs is 1. The molecule has 3 rings (SSSR count). The lowest BCUT2D eigenvalue weighted by Crippen LogP contribution is -2.55. The van der Waals surface area contributed by atoms with Gasteiger partial charge in [0.2, 0.25) is 5.91 Å². The molecule has 2 N–H and O–H groups in total. The molecule has 5 nitrogen and oxygen atoms in total. The van der Waals surface area contributed by atoms with Crippen LogP contribution in [0.3, 0.4) is 0 Å². The molecule has 0 atom stereocenters. The first-order valence-electron chi connectivity index (χ1n) is 9.21. The van der Waals surface area contributed by atoms with E-state index in [1.165, 1.54) is 24.5 Å². The van der Waals surface area contributed by atoms with E-state index in [0.29, 0.717) is 17.0 Å². The van der Waals surface area contributed by atoms with Crippen molar-refractivity contribution in [1.82, 2.24) is 5.32 Å². The number of carbonyl (C=O) groups excluding carboxylic acids is 2. The minimum atomic E-state index is -0.423. The van der Waals surface area contributed by atoms with Crippen molar-refractivity contribution in [2.45, 2.75) is 45.2 Å². The van der Waals surface area contributed by atoms with Crippen LogP contribution in [0.25, 0.3) is 6.08 Å². The summed E-state index contributed by atoms with van der Waals surface area (Å²) in [5.74, 6) is -0.703. The highest BCUT2D eigenvalue weighted by Gasteiger charge is 2.41. The van der Waals surface area contributed by atoms with Gasteiger partial charge in [0.1, 0.15) is 5.00 Å². The van der Waals surface area contributed by atoms with Gasteiger partial charge in [-0.1, -0.05) is 30.3 Å². The van der Waals surface area contributed by atoms with Gasteiger partial charge in [-0.15, -0.1) is 11.3 Å². The molecule has 2 heterocycles. The summed E-state index contributed by atoms with van der Waals surface area (Å²) in [6, 6.07) is 9.59. The zero-order chi connectivity index (χ0) is 20.5. The zero-order valence-corrected chi connectivity index (χ0v) is 17.7. The molecule has 6 heteroatoms. The Bertz CT molecular complexity index is 927. The molecule has 0 fully saturated rings. The number of esters is 1. The van der Waals surface area contributed by atoms with E-state index in [1.807, 2.05) is 30.3 Å². The second-order valence-corrected chi connectivity index (χ2v) is 9.17. The number of hydrogen-bond donors (Lipinski definition) is 2. The van der Waals surface area contributed by atoms with Gasteiger partial charge < -0.3 is 15.4 Å². The Morgan fingerprint density at radius 2 is 1.86 bits per heavy atom. The summed E-state index contributed by atoms with van der Waals surface area (Å²) in [7, 11) is 1.37. The Labute approximate surface area is 169 Å². The minimum Gasteiger partial charge on any atom is -0.465 e. The van der Waals surface area contributed by atoms with Crippen molar-refractivity contribution in [3.05, 3.63) is 58.0 Å². The quantitative estimate of drug-likeness (QED) is 0.594. The monoisotopic (exact) mass is 398 g/mol. The van der Waals surface area contributed by atoms with Gasteiger partial charge in [0.25, 0.3) is 0 Å². The highest BCUT2D eigenvalue weighted by Crippen LogP contribution is 2.45. The largest absolute Gasteiger partial charge is 0.465 e. The van der Waals surface area contributed by atoms with E-state index in [9.17, 15) is 9.59 Å². The molecule has 0 saturated carbocycles. The van der Waals surface area contributed by atoms with Gasteiger partial charge in [-0.25, -0.2) is 4.79 Å². The van der Waals surface area contributed by atoms with Gasteiger partial charge in [-0.2, -0.15) is 0 Å². The average Bonchev–Trinajstić information content (AvgIpc) is 2.97. The number of benzene rings is 1. The predicted molar refractivity (Wildman–Crippen MR) is 114 cm³/mol. The van der Waals surface area contributed by atoms with E-state index >= 15 is 0 Å². The number of nitrogens with one attached hydrogen (secondary N) is 2. The molecule has 0 aliphatic carbocycles. The van der Waals surface area contributed by atoms with E-state index < -0.39 is 5.97 Å². The Balaban J connectivity index is 1.95. The number of amides is 1. The van der Waals surface area contributed by atoms with Crippen LogP contribution >= 0.6 is 11.3 Å². The lowest BCUT2D eigenvalue weighted by Gasteiger charge is -2.42. The Morgan fingerprint density at radius 3 is 2.50 bits per heavy atom. The van der Waals surface area contributed by atoms with Gasteiger partial charge in [0.05, 0.1) is 12.7 Å². The third-order valence-corrected chi connectivity index (χ3v) is 6.17. The summed E-state index contributed by atoms with van der Waals surface area (Å²) in [5.41, 5.74) is 1.87. The number of rotatable bonds is 4. The molecule has 0 spiro atoms. The third-order valence-electron chi connectivity index (χ3n) is 4.70. The number of thiophene rings is 1. The molecule has 0 unspecified atom stereocenters. The van der Waals surface area contributed by atoms with E-state index in [4.69, 9.17) is 4.74 Å². The second kappa shape index (κ2) is 7.53. The molecule has 1 aromatic heterocycles. The van der Waals surface area contributed by atoms with Crippen molar-refractivity contribution >= 4 is 34.3 Å². The first kappa shape index (κ1) is 20.3. The SMILES string of the molecule is COC(=O)c1c(NC(=O)/C=C/c2ccccc2)sc2c1CC(C)(C)NC2(C)C. The lowest BCUT2D eigenvalue weighted by atomic mass is 9.81. The molecular weight excluding hydrogens is 372 g/mol. The fourth-order valence-electron chi connectivity index (χ4n) is 3.82. The fourth-order valence-corrected chi connectivity index (χ4v) is 5.09. The van der Waals surface area contributed by atoms with Crippen LogP contribution in [0.5, 0.6) is 0 Å². The summed E-state index contributed by atoms with van der Waals surface area (Å²) in [5, 5.41) is 7.03. The summed E-state index contributed by atoms with van der Waals surface area (Å²) in [6.45, 7) is 8.39. The molecule has 1 aliphatic rings. The van der Waals surface area contributed by atoms with Gasteiger partial charge in [-0.3, -0.25) is 4.79 Å². The van der Waals surface area contributed by atoms with Crippen molar-refractivity contribution in [2.24, 2.45) is 0 Å². The fraction of sp³-hybridized carbons (Fsp3) is 0.364. The minimum absolute atomic E-state index is 0.172. The van der Waals surface area contributed by atoms with Crippen LogP contribution in [0.1, 0.15) is 54.1 Å². The van der Waals surface area contributed by atoms with Crippen LogP contribution in [0, 0.1) is 0 Å². The van der Waals surface area contributed by atoms with Crippen LogP contribution in [-0.2, 0) is 21.5 Å². The van der Waals surface area contributed by atoms with Crippen LogP contribution in [-0.4, -0.2) is 24.5 Å². The number of hydrogen-bond acceptors (Lipinski definition) is 5. The number of carbonyl (C=O) groups is 2.